The van der Waals surface area contributed by atoms with Crippen molar-refractivity contribution in [1.82, 2.24) is 4.90 Å². The molecule has 12 heavy (non-hydrogen) atoms. The molecule has 2 heteroatoms. The Morgan fingerprint density at radius 1 is 1.50 bits per heavy atom. The SMILES string of the molecule is CC#CCN(C)C1CCCC1O. The second kappa shape index (κ2) is 4.49. The Labute approximate surface area is 74.6 Å². The van der Waals surface area contributed by atoms with Crippen LogP contribution in [0.25, 0.3) is 0 Å². The van der Waals surface area contributed by atoms with Crippen LogP contribution < -0.4 is 0 Å². The third-order valence-corrected chi connectivity index (χ3v) is 2.52. The van der Waals surface area contributed by atoms with Crippen molar-refractivity contribution in [3.05, 3.63) is 0 Å². The number of hydrogen-bond donors (Lipinski definition) is 1. The van der Waals surface area contributed by atoms with Crippen LogP contribution >= 0.6 is 0 Å². The van der Waals surface area contributed by atoms with Crippen LogP contribution in [0, 0.1) is 11.8 Å². The predicted octanol–water partition coefficient (Wildman–Crippen LogP) is 0.855. The summed E-state index contributed by atoms with van der Waals surface area (Å²) in [6.07, 6.45) is 3.08. The average molecular weight is 167 g/mol. The number of hydrogen-bond acceptors (Lipinski definition) is 2. The van der Waals surface area contributed by atoms with Crippen LogP contribution in [0.2, 0.25) is 0 Å². The quantitative estimate of drug-likeness (QED) is 0.616. The molecular weight excluding hydrogens is 150 g/mol. The number of rotatable bonds is 2. The zero-order valence-corrected chi connectivity index (χ0v) is 7.88. The zero-order chi connectivity index (χ0) is 8.97. The van der Waals surface area contributed by atoms with Gasteiger partial charge in [0.05, 0.1) is 12.6 Å². The molecule has 1 aliphatic carbocycles. The van der Waals surface area contributed by atoms with Gasteiger partial charge in [0.25, 0.3) is 0 Å². The molecule has 0 aromatic heterocycles. The molecule has 0 radical (unpaired) electrons. The van der Waals surface area contributed by atoms with Crippen LogP contribution in [-0.2, 0) is 0 Å². The van der Waals surface area contributed by atoms with E-state index in [1.807, 2.05) is 14.0 Å². The third-order valence-electron chi connectivity index (χ3n) is 2.52. The second-order valence-electron chi connectivity index (χ2n) is 3.41. The second-order valence-corrected chi connectivity index (χ2v) is 3.41. The average Bonchev–Trinajstić information content (AvgIpc) is 2.47. The van der Waals surface area contributed by atoms with Gasteiger partial charge in [-0.25, -0.2) is 0 Å². The van der Waals surface area contributed by atoms with E-state index in [1.165, 1.54) is 0 Å². The fraction of sp³-hybridized carbons (Fsp3) is 0.800. The lowest BCUT2D eigenvalue weighted by Gasteiger charge is -2.24. The predicted molar refractivity (Wildman–Crippen MR) is 49.7 cm³/mol. The van der Waals surface area contributed by atoms with Gasteiger partial charge in [-0.15, -0.1) is 5.92 Å². The van der Waals surface area contributed by atoms with E-state index in [2.05, 4.69) is 16.7 Å². The lowest BCUT2D eigenvalue weighted by atomic mass is 10.2. The molecule has 0 aliphatic heterocycles. The van der Waals surface area contributed by atoms with Gasteiger partial charge in [0.1, 0.15) is 0 Å². The van der Waals surface area contributed by atoms with Gasteiger partial charge < -0.3 is 5.11 Å². The van der Waals surface area contributed by atoms with E-state index < -0.39 is 0 Å². The van der Waals surface area contributed by atoms with Crippen molar-refractivity contribution in [2.24, 2.45) is 0 Å². The minimum Gasteiger partial charge on any atom is -0.391 e. The maximum absolute atomic E-state index is 9.57. The van der Waals surface area contributed by atoms with E-state index in [0.29, 0.717) is 6.04 Å². The molecule has 0 heterocycles. The van der Waals surface area contributed by atoms with Crippen molar-refractivity contribution in [2.45, 2.75) is 38.3 Å². The molecule has 2 nitrogen and oxygen atoms in total. The maximum atomic E-state index is 9.57. The highest BCUT2D eigenvalue weighted by Gasteiger charge is 2.27. The molecule has 2 unspecified atom stereocenters. The molecular formula is C10H17NO. The Balaban J connectivity index is 2.38. The number of aliphatic hydroxyl groups is 1. The summed E-state index contributed by atoms with van der Waals surface area (Å²) in [5, 5.41) is 9.57. The van der Waals surface area contributed by atoms with Gasteiger partial charge in [-0.3, -0.25) is 4.90 Å². The topological polar surface area (TPSA) is 23.5 Å². The monoisotopic (exact) mass is 167 g/mol. The summed E-state index contributed by atoms with van der Waals surface area (Å²) in [5.74, 6) is 5.87. The summed E-state index contributed by atoms with van der Waals surface area (Å²) >= 11 is 0. The number of nitrogens with zero attached hydrogens (tertiary/aromatic N) is 1. The van der Waals surface area contributed by atoms with Crippen molar-refractivity contribution in [1.29, 1.82) is 0 Å². The van der Waals surface area contributed by atoms with Gasteiger partial charge in [0, 0.05) is 6.04 Å². The first-order valence-corrected chi connectivity index (χ1v) is 4.53. The van der Waals surface area contributed by atoms with Gasteiger partial charge in [-0.05, 0) is 33.2 Å². The standard InChI is InChI=1S/C10H17NO/c1-3-4-8-11(2)9-6-5-7-10(9)12/h9-10,12H,5-8H2,1-2H3. The third kappa shape index (κ3) is 2.23. The Hall–Kier alpha value is -0.520. The van der Waals surface area contributed by atoms with Crippen molar-refractivity contribution in [3.8, 4) is 11.8 Å². The fourth-order valence-electron chi connectivity index (χ4n) is 1.76. The number of likely N-dealkylation sites (N-methyl/N-ethyl adjacent to an activating group) is 1. The van der Waals surface area contributed by atoms with E-state index in [0.717, 1.165) is 25.8 Å². The maximum Gasteiger partial charge on any atom is 0.0695 e. The summed E-state index contributed by atoms with van der Waals surface area (Å²) in [4.78, 5) is 2.15. The first kappa shape index (κ1) is 9.57. The minimum atomic E-state index is -0.131. The van der Waals surface area contributed by atoms with Gasteiger partial charge in [-0.2, -0.15) is 0 Å². The van der Waals surface area contributed by atoms with Crippen molar-refractivity contribution < 1.29 is 5.11 Å². The molecule has 1 fully saturated rings. The molecule has 1 aliphatic rings. The highest BCUT2D eigenvalue weighted by Crippen LogP contribution is 2.22. The van der Waals surface area contributed by atoms with E-state index in [4.69, 9.17) is 0 Å². The Morgan fingerprint density at radius 2 is 2.25 bits per heavy atom. The van der Waals surface area contributed by atoms with Crippen LogP contribution in [0.1, 0.15) is 26.2 Å². The molecule has 0 aromatic rings. The van der Waals surface area contributed by atoms with E-state index in [-0.39, 0.29) is 6.10 Å². The smallest absolute Gasteiger partial charge is 0.0695 e. The molecule has 0 amide bonds. The summed E-state index contributed by atoms with van der Waals surface area (Å²) in [6.45, 7) is 2.62. The van der Waals surface area contributed by atoms with E-state index in [9.17, 15) is 5.11 Å². The molecule has 0 aromatic carbocycles. The lowest BCUT2D eigenvalue weighted by molar-refractivity contribution is 0.0938. The molecule has 2 atom stereocenters. The zero-order valence-electron chi connectivity index (χ0n) is 7.88. The molecule has 0 spiro atoms. The van der Waals surface area contributed by atoms with Gasteiger partial charge in [0.15, 0.2) is 0 Å². The highest BCUT2D eigenvalue weighted by atomic mass is 16.3. The van der Waals surface area contributed by atoms with E-state index in [1.54, 1.807) is 0 Å². The van der Waals surface area contributed by atoms with Crippen LogP contribution in [0.3, 0.4) is 0 Å². The number of aliphatic hydroxyl groups excluding tert-OH is 1. The molecule has 0 saturated heterocycles. The summed E-state index contributed by atoms with van der Waals surface area (Å²) in [6, 6.07) is 0.339. The van der Waals surface area contributed by atoms with Crippen LogP contribution in [0.4, 0.5) is 0 Å². The van der Waals surface area contributed by atoms with E-state index >= 15 is 0 Å². The van der Waals surface area contributed by atoms with Crippen molar-refractivity contribution >= 4 is 0 Å². The summed E-state index contributed by atoms with van der Waals surface area (Å²) < 4.78 is 0. The van der Waals surface area contributed by atoms with Gasteiger partial charge in [0.2, 0.25) is 0 Å². The Bertz CT molecular complexity index is 192. The Morgan fingerprint density at radius 3 is 2.75 bits per heavy atom. The highest BCUT2D eigenvalue weighted by molar-refractivity contribution is 4.99. The summed E-state index contributed by atoms with van der Waals surface area (Å²) in [7, 11) is 2.03. The molecule has 1 N–H and O–H groups in total. The first-order valence-electron chi connectivity index (χ1n) is 4.53. The van der Waals surface area contributed by atoms with Crippen LogP contribution in [-0.4, -0.2) is 35.7 Å². The first-order chi connectivity index (χ1) is 5.75. The van der Waals surface area contributed by atoms with Gasteiger partial charge in [-0.1, -0.05) is 5.92 Å². The van der Waals surface area contributed by atoms with Crippen LogP contribution in [0.15, 0.2) is 0 Å². The van der Waals surface area contributed by atoms with Crippen LogP contribution in [0.5, 0.6) is 0 Å². The molecule has 1 saturated carbocycles. The summed E-state index contributed by atoms with van der Waals surface area (Å²) in [5.41, 5.74) is 0. The normalized spacial score (nSPS) is 28.7. The van der Waals surface area contributed by atoms with Crippen molar-refractivity contribution in [3.63, 3.8) is 0 Å². The minimum absolute atomic E-state index is 0.131. The van der Waals surface area contributed by atoms with Crippen molar-refractivity contribution in [2.75, 3.05) is 13.6 Å². The molecule has 68 valence electrons. The largest absolute Gasteiger partial charge is 0.391 e. The lowest BCUT2D eigenvalue weighted by Crippen LogP contribution is -2.37. The fourth-order valence-corrected chi connectivity index (χ4v) is 1.76. The van der Waals surface area contributed by atoms with Gasteiger partial charge >= 0.3 is 0 Å². The molecule has 1 rings (SSSR count). The molecule has 0 bridgehead atoms. The Kier molecular flexibility index (Phi) is 3.58.